The van der Waals surface area contributed by atoms with Crippen LogP contribution in [0.1, 0.15) is 31.7 Å². The van der Waals surface area contributed by atoms with Crippen LogP contribution in [0.25, 0.3) is 11.3 Å². The van der Waals surface area contributed by atoms with Crippen molar-refractivity contribution in [1.29, 1.82) is 0 Å². The number of nitrogens with zero attached hydrogens (tertiary/aromatic N) is 4. The zero-order valence-electron chi connectivity index (χ0n) is 15.9. The summed E-state index contributed by atoms with van der Waals surface area (Å²) < 4.78 is 5.83. The van der Waals surface area contributed by atoms with Gasteiger partial charge in [0.1, 0.15) is 5.75 Å². The number of piperazine rings is 1. The Bertz CT molecular complexity index is 823. The van der Waals surface area contributed by atoms with Gasteiger partial charge in [0, 0.05) is 55.3 Å². The molecule has 1 saturated heterocycles. The molecule has 27 heavy (non-hydrogen) atoms. The van der Waals surface area contributed by atoms with E-state index in [4.69, 9.17) is 10.5 Å². The minimum Gasteiger partial charge on any atom is -0.493 e. The van der Waals surface area contributed by atoms with E-state index in [9.17, 15) is 0 Å². The van der Waals surface area contributed by atoms with E-state index in [0.29, 0.717) is 6.61 Å². The van der Waals surface area contributed by atoms with E-state index in [1.165, 1.54) is 12.8 Å². The van der Waals surface area contributed by atoms with Crippen LogP contribution in [0.2, 0.25) is 0 Å². The molecule has 0 radical (unpaired) electrons. The molecule has 0 bridgehead atoms. The number of anilines is 1. The second-order valence-corrected chi connectivity index (χ2v) is 8.26. The highest BCUT2D eigenvalue weighted by Gasteiger charge is 2.32. The van der Waals surface area contributed by atoms with E-state index in [1.807, 2.05) is 6.07 Å². The molecule has 2 N–H and O–H groups in total. The molecule has 1 aromatic carbocycles. The second-order valence-electron chi connectivity index (χ2n) is 8.26. The standard InChI is InChI=1S/C21H27N5O/c1-21(22)8-13-27-19-14-15(2-5-17(19)21)18-6-7-20(24-23-18)26-11-9-25(10-12-26)16-3-4-16/h2,5-7,14,16H,3-4,8-13,22H2,1H3. The molecule has 6 heteroatoms. The van der Waals surface area contributed by atoms with Crippen LogP contribution in [-0.4, -0.2) is 53.9 Å². The zero-order valence-corrected chi connectivity index (χ0v) is 15.9. The summed E-state index contributed by atoms with van der Waals surface area (Å²) in [5, 5.41) is 8.98. The van der Waals surface area contributed by atoms with Gasteiger partial charge in [0.15, 0.2) is 5.82 Å². The van der Waals surface area contributed by atoms with E-state index < -0.39 is 0 Å². The van der Waals surface area contributed by atoms with Crippen molar-refractivity contribution in [3.63, 3.8) is 0 Å². The lowest BCUT2D eigenvalue weighted by Crippen LogP contribution is -2.47. The number of hydrogen-bond acceptors (Lipinski definition) is 6. The summed E-state index contributed by atoms with van der Waals surface area (Å²) in [5.74, 6) is 1.84. The Balaban J connectivity index is 1.32. The van der Waals surface area contributed by atoms with Crippen molar-refractivity contribution < 1.29 is 4.74 Å². The zero-order chi connectivity index (χ0) is 18.4. The minimum atomic E-state index is -0.329. The maximum Gasteiger partial charge on any atom is 0.151 e. The lowest BCUT2D eigenvalue weighted by molar-refractivity contribution is 0.227. The molecule has 3 heterocycles. The molecule has 1 saturated carbocycles. The normalized spacial score (nSPS) is 25.8. The van der Waals surface area contributed by atoms with Crippen molar-refractivity contribution in [1.82, 2.24) is 15.1 Å². The lowest BCUT2D eigenvalue weighted by atomic mass is 9.87. The highest BCUT2D eigenvalue weighted by Crippen LogP contribution is 2.37. The van der Waals surface area contributed by atoms with Gasteiger partial charge in [-0.3, -0.25) is 4.90 Å². The summed E-state index contributed by atoms with van der Waals surface area (Å²) in [6, 6.07) is 11.2. The van der Waals surface area contributed by atoms with Crippen molar-refractivity contribution in [3.05, 3.63) is 35.9 Å². The van der Waals surface area contributed by atoms with Gasteiger partial charge in [-0.2, -0.15) is 0 Å². The average molecular weight is 365 g/mol. The Hall–Kier alpha value is -2.18. The fourth-order valence-electron chi connectivity index (χ4n) is 4.18. The molecule has 2 aliphatic heterocycles. The van der Waals surface area contributed by atoms with Crippen LogP contribution in [-0.2, 0) is 5.54 Å². The minimum absolute atomic E-state index is 0.329. The molecule has 1 aromatic heterocycles. The van der Waals surface area contributed by atoms with Gasteiger partial charge in [-0.05, 0) is 38.0 Å². The molecule has 2 aromatic rings. The highest BCUT2D eigenvalue weighted by molar-refractivity contribution is 5.64. The van der Waals surface area contributed by atoms with Crippen LogP contribution in [0.5, 0.6) is 5.75 Å². The van der Waals surface area contributed by atoms with E-state index in [-0.39, 0.29) is 5.54 Å². The van der Waals surface area contributed by atoms with E-state index in [0.717, 1.165) is 67.0 Å². The van der Waals surface area contributed by atoms with E-state index in [1.54, 1.807) is 0 Å². The summed E-state index contributed by atoms with van der Waals surface area (Å²) in [4.78, 5) is 4.95. The Morgan fingerprint density at radius 1 is 1.07 bits per heavy atom. The quantitative estimate of drug-likeness (QED) is 0.901. The molecule has 1 unspecified atom stereocenters. The third-order valence-corrected chi connectivity index (χ3v) is 6.12. The van der Waals surface area contributed by atoms with Crippen LogP contribution < -0.4 is 15.4 Å². The lowest BCUT2D eigenvalue weighted by Gasteiger charge is -2.35. The third kappa shape index (κ3) is 3.28. The van der Waals surface area contributed by atoms with Crippen LogP contribution >= 0.6 is 0 Å². The number of fused-ring (bicyclic) bond motifs is 1. The molecule has 142 valence electrons. The van der Waals surface area contributed by atoms with Gasteiger partial charge in [-0.15, -0.1) is 10.2 Å². The maximum atomic E-state index is 6.40. The van der Waals surface area contributed by atoms with Gasteiger partial charge < -0.3 is 15.4 Å². The van der Waals surface area contributed by atoms with Gasteiger partial charge in [-0.25, -0.2) is 0 Å². The number of ether oxygens (including phenoxy) is 1. The summed E-state index contributed by atoms with van der Waals surface area (Å²) in [6.07, 6.45) is 3.59. The largest absolute Gasteiger partial charge is 0.493 e. The van der Waals surface area contributed by atoms with Crippen molar-refractivity contribution in [2.75, 3.05) is 37.7 Å². The first-order valence-electron chi connectivity index (χ1n) is 9.99. The van der Waals surface area contributed by atoms with Gasteiger partial charge >= 0.3 is 0 Å². The highest BCUT2D eigenvalue weighted by atomic mass is 16.5. The third-order valence-electron chi connectivity index (χ3n) is 6.12. The van der Waals surface area contributed by atoms with Crippen LogP contribution in [0.4, 0.5) is 5.82 Å². The first-order valence-corrected chi connectivity index (χ1v) is 9.99. The monoisotopic (exact) mass is 365 g/mol. The SMILES string of the molecule is CC1(N)CCOc2cc(-c3ccc(N4CCN(C5CC5)CC4)nn3)ccc21. The molecule has 5 rings (SSSR count). The van der Waals surface area contributed by atoms with Crippen LogP contribution in [0.3, 0.4) is 0 Å². The van der Waals surface area contributed by atoms with Crippen molar-refractivity contribution in [2.24, 2.45) is 5.73 Å². The molecule has 1 aliphatic carbocycles. The second kappa shape index (κ2) is 6.46. The fraction of sp³-hybridized carbons (Fsp3) is 0.524. The fourth-order valence-corrected chi connectivity index (χ4v) is 4.18. The number of hydrogen-bond donors (Lipinski definition) is 1. The first-order chi connectivity index (χ1) is 13.1. The number of benzene rings is 1. The number of aromatic nitrogens is 2. The molecule has 3 aliphatic rings. The Kier molecular flexibility index (Phi) is 4.06. The first kappa shape index (κ1) is 17.0. The van der Waals surface area contributed by atoms with E-state index in [2.05, 4.69) is 51.2 Å². The summed E-state index contributed by atoms with van der Waals surface area (Å²) in [5.41, 5.74) is 9.02. The molecule has 6 nitrogen and oxygen atoms in total. The average Bonchev–Trinajstić information content (AvgIpc) is 3.53. The molecule has 2 fully saturated rings. The van der Waals surface area contributed by atoms with Crippen molar-refractivity contribution in [3.8, 4) is 17.0 Å². The molecule has 0 amide bonds. The number of rotatable bonds is 3. The molecule has 0 spiro atoms. The Morgan fingerprint density at radius 3 is 2.59 bits per heavy atom. The maximum absolute atomic E-state index is 6.40. The Labute approximate surface area is 160 Å². The van der Waals surface area contributed by atoms with Crippen molar-refractivity contribution in [2.45, 2.75) is 37.8 Å². The number of nitrogens with two attached hydrogens (primary N) is 1. The summed E-state index contributed by atoms with van der Waals surface area (Å²) in [6.45, 7) is 7.05. The predicted octanol–water partition coefficient (Wildman–Crippen LogP) is 2.38. The van der Waals surface area contributed by atoms with Crippen molar-refractivity contribution >= 4 is 5.82 Å². The summed E-state index contributed by atoms with van der Waals surface area (Å²) in [7, 11) is 0. The molecular formula is C21H27N5O. The summed E-state index contributed by atoms with van der Waals surface area (Å²) >= 11 is 0. The topological polar surface area (TPSA) is 67.5 Å². The van der Waals surface area contributed by atoms with Gasteiger partial charge in [-0.1, -0.05) is 12.1 Å². The smallest absolute Gasteiger partial charge is 0.151 e. The van der Waals surface area contributed by atoms with Crippen LogP contribution in [0.15, 0.2) is 30.3 Å². The van der Waals surface area contributed by atoms with Gasteiger partial charge in [0.2, 0.25) is 0 Å². The van der Waals surface area contributed by atoms with E-state index >= 15 is 0 Å². The predicted molar refractivity (Wildman–Crippen MR) is 106 cm³/mol. The Morgan fingerprint density at radius 2 is 1.89 bits per heavy atom. The molecule has 1 atom stereocenters. The van der Waals surface area contributed by atoms with Gasteiger partial charge in [0.25, 0.3) is 0 Å². The van der Waals surface area contributed by atoms with Gasteiger partial charge in [0.05, 0.1) is 12.3 Å². The molecular weight excluding hydrogens is 338 g/mol. The van der Waals surface area contributed by atoms with Crippen LogP contribution in [0, 0.1) is 0 Å².